The van der Waals surface area contributed by atoms with E-state index in [1.807, 2.05) is 0 Å². The third-order valence-corrected chi connectivity index (χ3v) is 0.754. The number of halogens is 3. The van der Waals surface area contributed by atoms with Crippen LogP contribution in [0, 0.1) is 0 Å². The summed E-state index contributed by atoms with van der Waals surface area (Å²) in [5.74, 6) is -1.89. The van der Waals surface area contributed by atoms with Gasteiger partial charge >= 0.3 is 6.18 Å². The van der Waals surface area contributed by atoms with Gasteiger partial charge in [-0.2, -0.15) is 13.2 Å². The van der Waals surface area contributed by atoms with Gasteiger partial charge in [0.2, 0.25) is 0 Å². The van der Waals surface area contributed by atoms with E-state index in [-0.39, 0.29) is 0 Å². The predicted molar refractivity (Wildman–Crippen MR) is 23.7 cm³/mol. The molecule has 0 aliphatic heterocycles. The lowest BCUT2D eigenvalue weighted by Crippen LogP contribution is -2.44. The van der Waals surface area contributed by atoms with Crippen LogP contribution in [0.15, 0.2) is 0 Å². The van der Waals surface area contributed by atoms with Gasteiger partial charge in [0.25, 0.3) is 0 Å². The van der Waals surface area contributed by atoms with E-state index in [9.17, 15) is 23.1 Å². The number of nitrogens with two attached hydrogens (primary N) is 1. The number of carboxylic acids is 1. The third-order valence-electron chi connectivity index (χ3n) is 0.754. The van der Waals surface area contributed by atoms with Gasteiger partial charge in [-0.3, -0.25) is 0 Å². The standard InChI is InChI=1S/C4H6F3NO2/c5-4(6,7)1-2(8)3(9)10/h2H,1,8H2,(H,9,10)/p-1. The molecule has 0 aromatic heterocycles. The fourth-order valence-electron chi connectivity index (χ4n) is 0.333. The summed E-state index contributed by atoms with van der Waals surface area (Å²) in [7, 11) is 0. The first kappa shape index (κ1) is 9.22. The molecule has 0 aliphatic carbocycles. The average molecular weight is 156 g/mol. The third kappa shape index (κ3) is 4.13. The summed E-state index contributed by atoms with van der Waals surface area (Å²) in [6.45, 7) is 0. The summed E-state index contributed by atoms with van der Waals surface area (Å²) in [4.78, 5) is 9.64. The zero-order valence-corrected chi connectivity index (χ0v) is 4.81. The van der Waals surface area contributed by atoms with Gasteiger partial charge in [0, 0.05) is 0 Å². The summed E-state index contributed by atoms with van der Waals surface area (Å²) in [5, 5.41) is 9.64. The number of aliphatic carboxylic acids is 1. The Bertz CT molecular complexity index is 133. The second kappa shape index (κ2) is 2.87. The monoisotopic (exact) mass is 156 g/mol. The second-order valence-corrected chi connectivity index (χ2v) is 1.74. The molecule has 0 aromatic rings. The second-order valence-electron chi connectivity index (χ2n) is 1.74. The summed E-state index contributed by atoms with van der Waals surface area (Å²) < 4.78 is 33.9. The van der Waals surface area contributed by atoms with Gasteiger partial charge in [-0.1, -0.05) is 0 Å². The molecule has 0 radical (unpaired) electrons. The van der Waals surface area contributed by atoms with Gasteiger partial charge in [0.1, 0.15) is 0 Å². The van der Waals surface area contributed by atoms with E-state index in [4.69, 9.17) is 0 Å². The van der Waals surface area contributed by atoms with Crippen LogP contribution in [-0.2, 0) is 4.79 Å². The first-order chi connectivity index (χ1) is 4.33. The van der Waals surface area contributed by atoms with Crippen molar-refractivity contribution in [3.8, 4) is 0 Å². The van der Waals surface area contributed by atoms with Crippen molar-refractivity contribution < 1.29 is 23.1 Å². The largest absolute Gasteiger partial charge is 0.548 e. The Balaban J connectivity index is 3.80. The fourth-order valence-corrected chi connectivity index (χ4v) is 0.333. The molecule has 0 heterocycles. The topological polar surface area (TPSA) is 66.2 Å². The first-order valence-corrected chi connectivity index (χ1v) is 2.36. The molecule has 0 fully saturated rings. The van der Waals surface area contributed by atoms with E-state index in [1.54, 1.807) is 0 Å². The molecule has 0 saturated heterocycles. The van der Waals surface area contributed by atoms with Crippen LogP contribution in [0.25, 0.3) is 0 Å². The highest BCUT2D eigenvalue weighted by Gasteiger charge is 2.30. The molecule has 0 rings (SSSR count). The lowest BCUT2D eigenvalue weighted by molar-refractivity contribution is -0.309. The molecule has 60 valence electrons. The van der Waals surface area contributed by atoms with Gasteiger partial charge in [-0.25, -0.2) is 0 Å². The predicted octanol–water partition coefficient (Wildman–Crippen LogP) is -0.984. The van der Waals surface area contributed by atoms with Crippen LogP contribution < -0.4 is 10.8 Å². The average Bonchev–Trinajstić information content (AvgIpc) is 1.60. The van der Waals surface area contributed by atoms with Gasteiger partial charge < -0.3 is 15.6 Å². The van der Waals surface area contributed by atoms with Gasteiger partial charge in [0.15, 0.2) is 0 Å². The zero-order chi connectivity index (χ0) is 8.36. The number of carboxylic acid groups (broad SMARTS) is 1. The van der Waals surface area contributed by atoms with Gasteiger partial charge in [0.05, 0.1) is 18.4 Å². The summed E-state index contributed by atoms with van der Waals surface area (Å²) in [5.41, 5.74) is 4.52. The van der Waals surface area contributed by atoms with E-state index in [1.165, 1.54) is 0 Å². The molecule has 6 heteroatoms. The number of carbonyl (C=O) groups is 1. The number of alkyl halides is 3. The van der Waals surface area contributed by atoms with Crippen LogP contribution >= 0.6 is 0 Å². The van der Waals surface area contributed by atoms with Crippen molar-refractivity contribution in [3.05, 3.63) is 0 Å². The molecule has 3 nitrogen and oxygen atoms in total. The lowest BCUT2D eigenvalue weighted by atomic mass is 10.2. The minimum Gasteiger partial charge on any atom is -0.548 e. The van der Waals surface area contributed by atoms with Crippen molar-refractivity contribution >= 4 is 5.97 Å². The highest BCUT2D eigenvalue weighted by Crippen LogP contribution is 2.20. The van der Waals surface area contributed by atoms with E-state index in [2.05, 4.69) is 5.73 Å². The molecule has 0 aliphatic rings. The van der Waals surface area contributed by atoms with Crippen LogP contribution in [0.4, 0.5) is 13.2 Å². The minimum absolute atomic E-state index is 1.55. The summed E-state index contributed by atoms with van der Waals surface area (Å²) in [6, 6.07) is -1.96. The number of hydrogen-bond donors (Lipinski definition) is 1. The van der Waals surface area contributed by atoms with Gasteiger partial charge in [-0.15, -0.1) is 0 Å². The van der Waals surface area contributed by atoms with Crippen LogP contribution in [0.5, 0.6) is 0 Å². The molecule has 0 bridgehead atoms. The molecule has 2 N–H and O–H groups in total. The molecule has 10 heavy (non-hydrogen) atoms. The maximum absolute atomic E-state index is 11.3. The first-order valence-electron chi connectivity index (χ1n) is 2.36. The summed E-state index contributed by atoms with van der Waals surface area (Å²) in [6.07, 6.45) is -6.09. The van der Waals surface area contributed by atoms with E-state index >= 15 is 0 Å². The fraction of sp³-hybridized carbons (Fsp3) is 0.750. The number of carbonyl (C=O) groups excluding carboxylic acids is 1. The minimum atomic E-state index is -4.54. The quantitative estimate of drug-likeness (QED) is 0.558. The molecule has 0 spiro atoms. The maximum atomic E-state index is 11.3. The zero-order valence-electron chi connectivity index (χ0n) is 4.81. The highest BCUT2D eigenvalue weighted by molar-refractivity contribution is 5.70. The normalized spacial score (nSPS) is 14.8. The molecular formula is C4H5F3NO2-. The van der Waals surface area contributed by atoms with E-state index in [0.29, 0.717) is 0 Å². The Morgan fingerprint density at radius 1 is 1.60 bits per heavy atom. The van der Waals surface area contributed by atoms with Crippen LogP contribution in [-0.4, -0.2) is 18.2 Å². The van der Waals surface area contributed by atoms with E-state index in [0.717, 1.165) is 0 Å². The lowest BCUT2D eigenvalue weighted by Gasteiger charge is -2.13. The Labute approximate surface area is 54.6 Å². The SMILES string of the molecule is NC(CC(F)(F)F)C(=O)[O-]. The Morgan fingerprint density at radius 3 is 2.10 bits per heavy atom. The maximum Gasteiger partial charge on any atom is 0.390 e. The van der Waals surface area contributed by atoms with Crippen molar-refractivity contribution in [2.45, 2.75) is 18.6 Å². The van der Waals surface area contributed by atoms with Crippen molar-refractivity contribution in [2.75, 3.05) is 0 Å². The Morgan fingerprint density at radius 2 is 2.00 bits per heavy atom. The Kier molecular flexibility index (Phi) is 2.65. The van der Waals surface area contributed by atoms with Crippen molar-refractivity contribution in [3.63, 3.8) is 0 Å². The van der Waals surface area contributed by atoms with Crippen molar-refractivity contribution in [1.29, 1.82) is 0 Å². The molecule has 1 unspecified atom stereocenters. The van der Waals surface area contributed by atoms with Gasteiger partial charge in [-0.05, 0) is 0 Å². The molecule has 0 aromatic carbocycles. The Hall–Kier alpha value is -0.780. The van der Waals surface area contributed by atoms with E-state index < -0.39 is 24.6 Å². The van der Waals surface area contributed by atoms with Crippen molar-refractivity contribution in [1.82, 2.24) is 0 Å². The summed E-state index contributed by atoms with van der Waals surface area (Å²) >= 11 is 0. The number of rotatable bonds is 2. The molecule has 1 atom stereocenters. The van der Waals surface area contributed by atoms with Crippen LogP contribution in [0.3, 0.4) is 0 Å². The van der Waals surface area contributed by atoms with Crippen LogP contribution in [0.2, 0.25) is 0 Å². The van der Waals surface area contributed by atoms with Crippen molar-refractivity contribution in [2.24, 2.45) is 5.73 Å². The van der Waals surface area contributed by atoms with Crippen LogP contribution in [0.1, 0.15) is 6.42 Å². The highest BCUT2D eigenvalue weighted by atomic mass is 19.4. The molecule has 0 saturated carbocycles. The number of hydrogen-bond acceptors (Lipinski definition) is 3. The molecule has 0 amide bonds. The molecular weight excluding hydrogens is 151 g/mol. The smallest absolute Gasteiger partial charge is 0.390 e.